The molecule has 98 valence electrons. The van der Waals surface area contributed by atoms with E-state index in [0.717, 1.165) is 0 Å². The molecule has 1 aromatic carbocycles. The predicted octanol–water partition coefficient (Wildman–Crippen LogP) is 1.74. The van der Waals surface area contributed by atoms with Crippen molar-refractivity contribution in [1.82, 2.24) is 0 Å². The highest BCUT2D eigenvalue weighted by Crippen LogP contribution is 2.23. The summed E-state index contributed by atoms with van der Waals surface area (Å²) in [6.07, 6.45) is 0.622. The highest BCUT2D eigenvalue weighted by molar-refractivity contribution is 5.95. The van der Waals surface area contributed by atoms with Crippen LogP contribution in [0.3, 0.4) is 0 Å². The standard InChI is InChI=1S/C14H16N4O/c1-3-14(2,9-17)13(19)18-12-5-4-10(7-15)11(6-12)8-16/h4-6H,3,9,17H2,1-2H3,(H,18,19). The molecule has 0 aliphatic carbocycles. The number of carbonyl (C=O) groups is 1. The summed E-state index contributed by atoms with van der Waals surface area (Å²) >= 11 is 0. The molecule has 0 spiro atoms. The largest absolute Gasteiger partial charge is 0.329 e. The van der Waals surface area contributed by atoms with Gasteiger partial charge in [0.2, 0.25) is 5.91 Å². The number of hydrogen-bond donors (Lipinski definition) is 2. The van der Waals surface area contributed by atoms with E-state index in [-0.39, 0.29) is 23.6 Å². The van der Waals surface area contributed by atoms with Gasteiger partial charge in [0, 0.05) is 12.2 Å². The second kappa shape index (κ2) is 5.99. The van der Waals surface area contributed by atoms with E-state index in [2.05, 4.69) is 5.32 Å². The van der Waals surface area contributed by atoms with E-state index in [4.69, 9.17) is 16.3 Å². The Bertz CT molecular complexity index is 562. The number of rotatable bonds is 4. The minimum Gasteiger partial charge on any atom is -0.329 e. The molecule has 1 unspecified atom stereocenters. The molecule has 5 nitrogen and oxygen atoms in total. The third-order valence-electron chi connectivity index (χ3n) is 3.30. The van der Waals surface area contributed by atoms with Gasteiger partial charge in [-0.3, -0.25) is 4.79 Å². The number of hydrogen-bond acceptors (Lipinski definition) is 4. The Balaban J connectivity index is 2.99. The molecular formula is C14H16N4O. The summed E-state index contributed by atoms with van der Waals surface area (Å²) in [5, 5.41) is 20.5. The van der Waals surface area contributed by atoms with E-state index in [0.29, 0.717) is 12.1 Å². The number of nitrogens with zero attached hydrogens (tertiary/aromatic N) is 2. The third kappa shape index (κ3) is 3.09. The summed E-state index contributed by atoms with van der Waals surface area (Å²) in [5.74, 6) is -0.189. The molecule has 0 saturated heterocycles. The number of carbonyl (C=O) groups excluding carboxylic acids is 1. The van der Waals surface area contributed by atoms with Crippen LogP contribution in [0.1, 0.15) is 31.4 Å². The van der Waals surface area contributed by atoms with Crippen molar-refractivity contribution >= 4 is 11.6 Å². The van der Waals surface area contributed by atoms with Crippen LogP contribution in [0.25, 0.3) is 0 Å². The molecule has 0 aliphatic rings. The molecule has 0 aliphatic heterocycles. The fourth-order valence-corrected chi connectivity index (χ4v) is 1.49. The summed E-state index contributed by atoms with van der Waals surface area (Å²) in [7, 11) is 0. The van der Waals surface area contributed by atoms with E-state index >= 15 is 0 Å². The lowest BCUT2D eigenvalue weighted by Gasteiger charge is -2.25. The Hall–Kier alpha value is -2.37. The van der Waals surface area contributed by atoms with Gasteiger partial charge in [-0.05, 0) is 31.5 Å². The second-order valence-corrected chi connectivity index (χ2v) is 4.56. The number of benzene rings is 1. The van der Waals surface area contributed by atoms with Gasteiger partial charge in [-0.15, -0.1) is 0 Å². The Morgan fingerprint density at radius 1 is 1.37 bits per heavy atom. The molecule has 0 radical (unpaired) electrons. The summed E-state index contributed by atoms with van der Waals surface area (Å²) < 4.78 is 0. The van der Waals surface area contributed by atoms with Gasteiger partial charge in [0.1, 0.15) is 12.1 Å². The van der Waals surface area contributed by atoms with Crippen LogP contribution < -0.4 is 11.1 Å². The molecule has 1 amide bonds. The van der Waals surface area contributed by atoms with Crippen LogP contribution in [-0.2, 0) is 4.79 Å². The van der Waals surface area contributed by atoms with Gasteiger partial charge >= 0.3 is 0 Å². The smallest absolute Gasteiger partial charge is 0.231 e. The van der Waals surface area contributed by atoms with Crippen molar-refractivity contribution in [3.8, 4) is 12.1 Å². The first kappa shape index (κ1) is 14.7. The van der Waals surface area contributed by atoms with Gasteiger partial charge in [-0.2, -0.15) is 10.5 Å². The van der Waals surface area contributed by atoms with Crippen LogP contribution in [0, 0.1) is 28.1 Å². The van der Waals surface area contributed by atoms with Crippen LogP contribution in [-0.4, -0.2) is 12.5 Å². The zero-order valence-corrected chi connectivity index (χ0v) is 11.0. The van der Waals surface area contributed by atoms with Gasteiger partial charge in [0.05, 0.1) is 16.5 Å². The van der Waals surface area contributed by atoms with Crippen LogP contribution >= 0.6 is 0 Å². The number of anilines is 1. The minimum atomic E-state index is -0.638. The number of nitrogens with one attached hydrogen (secondary N) is 1. The topological polar surface area (TPSA) is 103 Å². The van der Waals surface area contributed by atoms with Crippen molar-refractivity contribution in [1.29, 1.82) is 10.5 Å². The molecule has 5 heteroatoms. The Labute approximate surface area is 112 Å². The van der Waals surface area contributed by atoms with Crippen molar-refractivity contribution < 1.29 is 4.79 Å². The highest BCUT2D eigenvalue weighted by Gasteiger charge is 2.29. The monoisotopic (exact) mass is 256 g/mol. The normalized spacial score (nSPS) is 12.9. The van der Waals surface area contributed by atoms with Gasteiger partial charge in [0.25, 0.3) is 0 Å². The molecule has 19 heavy (non-hydrogen) atoms. The lowest BCUT2D eigenvalue weighted by atomic mass is 9.86. The lowest BCUT2D eigenvalue weighted by molar-refractivity contribution is -0.124. The average Bonchev–Trinajstić information content (AvgIpc) is 2.45. The number of nitrogens with two attached hydrogens (primary N) is 1. The maximum Gasteiger partial charge on any atom is 0.231 e. The van der Waals surface area contributed by atoms with Crippen LogP contribution in [0.15, 0.2) is 18.2 Å². The quantitative estimate of drug-likeness (QED) is 0.856. The van der Waals surface area contributed by atoms with E-state index in [9.17, 15) is 4.79 Å². The van der Waals surface area contributed by atoms with Crippen molar-refractivity contribution in [2.24, 2.45) is 11.1 Å². The van der Waals surface area contributed by atoms with Gasteiger partial charge < -0.3 is 11.1 Å². The van der Waals surface area contributed by atoms with Gasteiger partial charge in [-0.1, -0.05) is 6.92 Å². The molecule has 0 bridgehead atoms. The highest BCUT2D eigenvalue weighted by atomic mass is 16.2. The van der Waals surface area contributed by atoms with E-state index in [1.165, 1.54) is 12.1 Å². The van der Waals surface area contributed by atoms with E-state index in [1.54, 1.807) is 13.0 Å². The fourth-order valence-electron chi connectivity index (χ4n) is 1.49. The maximum absolute atomic E-state index is 12.1. The number of nitriles is 2. The third-order valence-corrected chi connectivity index (χ3v) is 3.30. The molecule has 0 heterocycles. The molecule has 1 rings (SSSR count). The van der Waals surface area contributed by atoms with Gasteiger partial charge in [0.15, 0.2) is 0 Å². The van der Waals surface area contributed by atoms with Crippen molar-refractivity contribution in [2.45, 2.75) is 20.3 Å². The SMILES string of the molecule is CCC(C)(CN)C(=O)Nc1ccc(C#N)c(C#N)c1. The van der Waals surface area contributed by atoms with Gasteiger partial charge in [-0.25, -0.2) is 0 Å². The zero-order valence-electron chi connectivity index (χ0n) is 11.0. The average molecular weight is 256 g/mol. The van der Waals surface area contributed by atoms with Crippen LogP contribution in [0.4, 0.5) is 5.69 Å². The van der Waals surface area contributed by atoms with E-state index in [1.807, 2.05) is 19.1 Å². The first-order valence-electron chi connectivity index (χ1n) is 5.96. The maximum atomic E-state index is 12.1. The Kier molecular flexibility index (Phi) is 4.63. The Morgan fingerprint density at radius 2 is 2.00 bits per heavy atom. The molecule has 0 fully saturated rings. The second-order valence-electron chi connectivity index (χ2n) is 4.56. The predicted molar refractivity (Wildman–Crippen MR) is 72.0 cm³/mol. The van der Waals surface area contributed by atoms with Crippen molar-refractivity contribution in [2.75, 3.05) is 11.9 Å². The van der Waals surface area contributed by atoms with Crippen molar-refractivity contribution in [3.05, 3.63) is 29.3 Å². The Morgan fingerprint density at radius 3 is 2.47 bits per heavy atom. The van der Waals surface area contributed by atoms with E-state index < -0.39 is 5.41 Å². The summed E-state index contributed by atoms with van der Waals surface area (Å²) in [6, 6.07) is 8.46. The van der Waals surface area contributed by atoms with Crippen LogP contribution in [0.2, 0.25) is 0 Å². The first-order valence-corrected chi connectivity index (χ1v) is 5.96. The van der Waals surface area contributed by atoms with Crippen molar-refractivity contribution in [3.63, 3.8) is 0 Å². The molecule has 0 aromatic heterocycles. The first-order chi connectivity index (χ1) is 9.00. The zero-order chi connectivity index (χ0) is 14.5. The lowest BCUT2D eigenvalue weighted by Crippen LogP contribution is -2.39. The molecular weight excluding hydrogens is 240 g/mol. The molecule has 3 N–H and O–H groups in total. The molecule has 0 saturated carbocycles. The number of amides is 1. The summed E-state index contributed by atoms with van der Waals surface area (Å²) in [4.78, 5) is 12.1. The molecule has 1 atom stereocenters. The van der Waals surface area contributed by atoms with Crippen LogP contribution in [0.5, 0.6) is 0 Å². The summed E-state index contributed by atoms with van der Waals surface area (Å²) in [6.45, 7) is 3.93. The fraction of sp³-hybridized carbons (Fsp3) is 0.357. The minimum absolute atomic E-state index is 0.189. The molecule has 1 aromatic rings. The summed E-state index contributed by atoms with van der Waals surface area (Å²) in [5.41, 5.74) is 6.00.